The van der Waals surface area contributed by atoms with E-state index >= 15 is 0 Å². The van der Waals surface area contributed by atoms with Crippen LogP contribution >= 0.6 is 0 Å². The number of likely N-dealkylation sites (tertiary alicyclic amines) is 1. The van der Waals surface area contributed by atoms with E-state index in [9.17, 15) is 4.79 Å². The Morgan fingerprint density at radius 3 is 2.62 bits per heavy atom. The van der Waals surface area contributed by atoms with Gasteiger partial charge in [0.05, 0.1) is 13.2 Å². The van der Waals surface area contributed by atoms with E-state index in [-0.39, 0.29) is 11.9 Å². The van der Waals surface area contributed by atoms with Crippen molar-refractivity contribution in [2.45, 2.75) is 19.9 Å². The Labute approximate surface area is 96.3 Å². The predicted octanol–water partition coefficient (Wildman–Crippen LogP) is 0.0892. The summed E-state index contributed by atoms with van der Waals surface area (Å²) in [4.78, 5) is 14.2. The molecule has 90 valence electrons. The Bertz CT molecular complexity index is 296. The normalized spacial score (nSPS) is 40.6. The lowest BCUT2D eigenvalue weighted by atomic mass is 10.1. The Balaban J connectivity index is 1.57. The number of nitrogens with zero attached hydrogens (tertiary/aromatic N) is 1. The van der Waals surface area contributed by atoms with Gasteiger partial charge in [-0.25, -0.2) is 0 Å². The first-order valence-electron chi connectivity index (χ1n) is 6.20. The van der Waals surface area contributed by atoms with Gasteiger partial charge in [-0.1, -0.05) is 13.8 Å². The molecule has 1 saturated carbocycles. The number of hydrogen-bond acceptors (Lipinski definition) is 3. The zero-order chi connectivity index (χ0) is 11.3. The lowest BCUT2D eigenvalue weighted by molar-refractivity contribution is -0.136. The van der Waals surface area contributed by atoms with Gasteiger partial charge in [-0.3, -0.25) is 4.79 Å². The molecule has 3 fully saturated rings. The summed E-state index contributed by atoms with van der Waals surface area (Å²) in [7, 11) is 0. The lowest BCUT2D eigenvalue weighted by Crippen LogP contribution is -2.52. The third-order valence-electron chi connectivity index (χ3n) is 4.65. The third-order valence-corrected chi connectivity index (χ3v) is 4.65. The molecular weight excluding hydrogens is 204 g/mol. The van der Waals surface area contributed by atoms with Gasteiger partial charge in [0, 0.05) is 19.6 Å². The topological polar surface area (TPSA) is 41.6 Å². The molecule has 2 heterocycles. The molecule has 2 aliphatic heterocycles. The van der Waals surface area contributed by atoms with Crippen molar-refractivity contribution < 1.29 is 9.53 Å². The predicted molar refractivity (Wildman–Crippen MR) is 60.0 cm³/mol. The zero-order valence-corrected chi connectivity index (χ0v) is 10.0. The Hall–Kier alpha value is -0.610. The molecule has 0 aromatic heterocycles. The molecular formula is C12H20N2O2. The average molecular weight is 224 g/mol. The molecule has 3 unspecified atom stereocenters. The highest BCUT2D eigenvalue weighted by Crippen LogP contribution is 2.61. The molecule has 3 rings (SSSR count). The minimum atomic E-state index is -0.102. The third kappa shape index (κ3) is 1.47. The van der Waals surface area contributed by atoms with E-state index in [1.807, 2.05) is 4.90 Å². The number of hydrogen-bond donors (Lipinski definition) is 1. The molecule has 1 amide bonds. The smallest absolute Gasteiger partial charge is 0.242 e. The SMILES string of the molecule is CC1(C)C2CN(C(=O)C3COCCN3)CC21. The van der Waals surface area contributed by atoms with E-state index in [4.69, 9.17) is 4.74 Å². The number of carbonyl (C=O) groups is 1. The molecule has 1 aliphatic carbocycles. The fourth-order valence-electron chi connectivity index (χ4n) is 3.26. The quantitative estimate of drug-likeness (QED) is 0.686. The molecule has 4 nitrogen and oxygen atoms in total. The monoisotopic (exact) mass is 224 g/mol. The van der Waals surface area contributed by atoms with E-state index in [2.05, 4.69) is 19.2 Å². The minimum absolute atomic E-state index is 0.102. The molecule has 0 aromatic carbocycles. The highest BCUT2D eigenvalue weighted by atomic mass is 16.5. The fraction of sp³-hybridized carbons (Fsp3) is 0.917. The first-order valence-corrected chi connectivity index (χ1v) is 6.20. The molecule has 3 atom stereocenters. The minimum Gasteiger partial charge on any atom is -0.378 e. The molecule has 0 radical (unpaired) electrons. The van der Waals surface area contributed by atoms with Crippen LogP contribution in [0.2, 0.25) is 0 Å². The van der Waals surface area contributed by atoms with Crippen LogP contribution < -0.4 is 5.32 Å². The van der Waals surface area contributed by atoms with Gasteiger partial charge in [-0.05, 0) is 17.3 Å². The van der Waals surface area contributed by atoms with Gasteiger partial charge in [0.25, 0.3) is 0 Å². The van der Waals surface area contributed by atoms with Gasteiger partial charge in [0.1, 0.15) is 6.04 Å². The molecule has 3 aliphatic rings. The van der Waals surface area contributed by atoms with Crippen molar-refractivity contribution in [2.75, 3.05) is 32.8 Å². The summed E-state index contributed by atoms with van der Waals surface area (Å²) in [6, 6.07) is -0.102. The first kappa shape index (κ1) is 10.5. The van der Waals surface area contributed by atoms with Crippen LogP contribution in [0.5, 0.6) is 0 Å². The van der Waals surface area contributed by atoms with Crippen LogP contribution in [0.3, 0.4) is 0 Å². The van der Waals surface area contributed by atoms with E-state index in [1.165, 1.54) is 0 Å². The van der Waals surface area contributed by atoms with Gasteiger partial charge in [0.2, 0.25) is 5.91 Å². The Morgan fingerprint density at radius 1 is 1.38 bits per heavy atom. The fourth-order valence-corrected chi connectivity index (χ4v) is 3.26. The number of morpholine rings is 1. The summed E-state index contributed by atoms with van der Waals surface area (Å²) in [5.41, 5.74) is 0.479. The highest BCUT2D eigenvalue weighted by molar-refractivity contribution is 5.82. The molecule has 0 aromatic rings. The summed E-state index contributed by atoms with van der Waals surface area (Å²) in [5, 5.41) is 3.23. The van der Waals surface area contributed by atoms with Crippen molar-refractivity contribution >= 4 is 5.91 Å². The summed E-state index contributed by atoms with van der Waals surface area (Å²) in [6.07, 6.45) is 0. The van der Waals surface area contributed by atoms with Gasteiger partial charge < -0.3 is 15.0 Å². The standard InChI is InChI=1S/C12H20N2O2/c1-12(2)8-5-14(6-9(8)12)11(15)10-7-16-4-3-13-10/h8-10,13H,3-7H2,1-2H3. The summed E-state index contributed by atoms with van der Waals surface area (Å²) in [5.74, 6) is 1.71. The van der Waals surface area contributed by atoms with E-state index in [0.717, 1.165) is 38.1 Å². The summed E-state index contributed by atoms with van der Waals surface area (Å²) in [6.45, 7) is 8.58. The number of piperidine rings is 1. The second kappa shape index (κ2) is 3.44. The second-order valence-corrected chi connectivity index (χ2v) is 5.86. The van der Waals surface area contributed by atoms with Crippen LogP contribution in [-0.4, -0.2) is 49.7 Å². The summed E-state index contributed by atoms with van der Waals surface area (Å²) >= 11 is 0. The molecule has 16 heavy (non-hydrogen) atoms. The Kier molecular flexibility index (Phi) is 2.27. The molecule has 1 N–H and O–H groups in total. The summed E-state index contributed by atoms with van der Waals surface area (Å²) < 4.78 is 5.33. The van der Waals surface area contributed by atoms with Crippen molar-refractivity contribution in [3.8, 4) is 0 Å². The van der Waals surface area contributed by atoms with Crippen LogP contribution in [0.4, 0.5) is 0 Å². The first-order chi connectivity index (χ1) is 7.60. The zero-order valence-electron chi connectivity index (χ0n) is 10.0. The Morgan fingerprint density at radius 2 is 2.06 bits per heavy atom. The van der Waals surface area contributed by atoms with Crippen LogP contribution in [-0.2, 0) is 9.53 Å². The van der Waals surface area contributed by atoms with Crippen molar-refractivity contribution in [1.29, 1.82) is 0 Å². The number of amides is 1. The van der Waals surface area contributed by atoms with Crippen LogP contribution in [0.25, 0.3) is 0 Å². The van der Waals surface area contributed by atoms with E-state index < -0.39 is 0 Å². The second-order valence-electron chi connectivity index (χ2n) is 5.86. The van der Waals surface area contributed by atoms with Crippen molar-refractivity contribution in [2.24, 2.45) is 17.3 Å². The van der Waals surface area contributed by atoms with Gasteiger partial charge in [0.15, 0.2) is 0 Å². The molecule has 0 bridgehead atoms. The van der Waals surface area contributed by atoms with Crippen molar-refractivity contribution in [1.82, 2.24) is 10.2 Å². The van der Waals surface area contributed by atoms with Gasteiger partial charge in [-0.2, -0.15) is 0 Å². The van der Waals surface area contributed by atoms with Gasteiger partial charge in [-0.15, -0.1) is 0 Å². The number of carbonyl (C=O) groups excluding carboxylic acids is 1. The molecule has 0 spiro atoms. The maximum Gasteiger partial charge on any atom is 0.242 e. The van der Waals surface area contributed by atoms with Crippen LogP contribution in [0.1, 0.15) is 13.8 Å². The number of nitrogens with one attached hydrogen (secondary N) is 1. The molecule has 2 saturated heterocycles. The van der Waals surface area contributed by atoms with Crippen LogP contribution in [0.15, 0.2) is 0 Å². The maximum absolute atomic E-state index is 12.2. The van der Waals surface area contributed by atoms with E-state index in [0.29, 0.717) is 12.0 Å². The van der Waals surface area contributed by atoms with Crippen molar-refractivity contribution in [3.63, 3.8) is 0 Å². The molecule has 4 heteroatoms. The highest BCUT2D eigenvalue weighted by Gasteiger charge is 2.62. The average Bonchev–Trinajstić information content (AvgIpc) is 2.72. The largest absolute Gasteiger partial charge is 0.378 e. The van der Waals surface area contributed by atoms with E-state index in [1.54, 1.807) is 0 Å². The van der Waals surface area contributed by atoms with Crippen molar-refractivity contribution in [3.05, 3.63) is 0 Å². The van der Waals surface area contributed by atoms with Gasteiger partial charge >= 0.3 is 0 Å². The number of rotatable bonds is 1. The number of ether oxygens (including phenoxy) is 1. The lowest BCUT2D eigenvalue weighted by Gasteiger charge is -2.29. The van der Waals surface area contributed by atoms with Crippen LogP contribution in [0, 0.1) is 17.3 Å². The maximum atomic E-state index is 12.2. The number of fused-ring (bicyclic) bond motifs is 1.